The zero-order valence-corrected chi connectivity index (χ0v) is 16.2. The van der Waals surface area contributed by atoms with Crippen LogP contribution in [0, 0.1) is 5.92 Å². The average Bonchev–Trinajstić information content (AvgIpc) is 2.93. The molecule has 2 aromatic rings. The molecule has 0 aromatic carbocycles. The summed E-state index contributed by atoms with van der Waals surface area (Å²) >= 11 is 1.69. The van der Waals surface area contributed by atoms with Crippen molar-refractivity contribution in [3.05, 3.63) is 26.6 Å². The van der Waals surface area contributed by atoms with Crippen LogP contribution in [-0.2, 0) is 28.9 Å². The lowest BCUT2D eigenvalue weighted by Gasteiger charge is -2.18. The number of ether oxygens (including phenoxy) is 1. The third kappa shape index (κ3) is 3.50. The second kappa shape index (κ2) is 7.28. The topological polar surface area (TPSA) is 61.2 Å². The lowest BCUT2D eigenvalue weighted by Crippen LogP contribution is -2.27. The lowest BCUT2D eigenvalue weighted by atomic mass is 9.89. The van der Waals surface area contributed by atoms with Crippen molar-refractivity contribution in [1.29, 1.82) is 0 Å². The first-order valence-corrected chi connectivity index (χ1v) is 9.85. The Balaban J connectivity index is 2.05. The molecule has 0 radical (unpaired) electrons. The van der Waals surface area contributed by atoms with Gasteiger partial charge in [0, 0.05) is 23.8 Å². The third-order valence-electron chi connectivity index (χ3n) is 4.95. The molecule has 0 fully saturated rings. The van der Waals surface area contributed by atoms with Crippen molar-refractivity contribution in [2.24, 2.45) is 5.92 Å². The second-order valence-corrected chi connectivity index (χ2v) is 8.38. The highest BCUT2D eigenvalue weighted by Crippen LogP contribution is 2.36. The smallest absolute Gasteiger partial charge is 0.305 e. The van der Waals surface area contributed by atoms with Gasteiger partial charge in [-0.2, -0.15) is 0 Å². The number of thiophene rings is 1. The number of carbonyl (C=O) groups excluding carboxylic acids is 1. The minimum Gasteiger partial charge on any atom is -0.469 e. The number of rotatable bonds is 5. The van der Waals surface area contributed by atoms with Crippen LogP contribution in [0.4, 0.5) is 0 Å². The summed E-state index contributed by atoms with van der Waals surface area (Å²) in [4.78, 5) is 31.7. The Morgan fingerprint density at radius 1 is 1.44 bits per heavy atom. The molecule has 3 rings (SSSR count). The normalized spacial score (nSPS) is 17.1. The summed E-state index contributed by atoms with van der Waals surface area (Å²) in [5, 5.41) is 0.814. The molecule has 2 aromatic heterocycles. The Bertz CT molecular complexity index is 850. The second-order valence-electron chi connectivity index (χ2n) is 7.29. The van der Waals surface area contributed by atoms with Crippen LogP contribution in [0.2, 0.25) is 0 Å². The van der Waals surface area contributed by atoms with Crippen LogP contribution in [-0.4, -0.2) is 22.6 Å². The minimum atomic E-state index is -0.241. The molecule has 25 heavy (non-hydrogen) atoms. The van der Waals surface area contributed by atoms with E-state index in [1.54, 1.807) is 15.9 Å². The quantitative estimate of drug-likeness (QED) is 0.762. The Morgan fingerprint density at radius 3 is 2.88 bits per heavy atom. The van der Waals surface area contributed by atoms with E-state index in [0.29, 0.717) is 25.3 Å². The number of fused-ring (bicyclic) bond motifs is 3. The summed E-state index contributed by atoms with van der Waals surface area (Å²) in [6.07, 6.45) is 4.05. The molecule has 1 aliphatic carbocycles. The fourth-order valence-electron chi connectivity index (χ4n) is 3.58. The average molecular weight is 362 g/mol. The number of hydrogen-bond acceptors (Lipinski definition) is 5. The molecule has 0 amide bonds. The van der Waals surface area contributed by atoms with E-state index in [-0.39, 0.29) is 17.4 Å². The highest BCUT2D eigenvalue weighted by atomic mass is 32.1. The number of carbonyl (C=O) groups is 1. The molecule has 5 nitrogen and oxygen atoms in total. The highest BCUT2D eigenvalue weighted by molar-refractivity contribution is 7.18. The van der Waals surface area contributed by atoms with E-state index >= 15 is 0 Å². The first-order chi connectivity index (χ1) is 11.9. The van der Waals surface area contributed by atoms with Gasteiger partial charge in [-0.3, -0.25) is 14.2 Å². The van der Waals surface area contributed by atoms with Gasteiger partial charge in [-0.25, -0.2) is 4.98 Å². The van der Waals surface area contributed by atoms with Crippen molar-refractivity contribution in [2.45, 2.75) is 65.3 Å². The molecular weight excluding hydrogens is 336 g/mol. The largest absolute Gasteiger partial charge is 0.469 e. The van der Waals surface area contributed by atoms with Gasteiger partial charge in [0.1, 0.15) is 10.7 Å². The van der Waals surface area contributed by atoms with Crippen molar-refractivity contribution in [3.63, 3.8) is 0 Å². The van der Waals surface area contributed by atoms with Crippen LogP contribution in [0.15, 0.2) is 4.79 Å². The molecule has 1 unspecified atom stereocenters. The molecule has 0 spiro atoms. The van der Waals surface area contributed by atoms with Gasteiger partial charge in [-0.05, 0) is 37.2 Å². The molecule has 136 valence electrons. The van der Waals surface area contributed by atoms with Crippen LogP contribution in [0.5, 0.6) is 0 Å². The maximum Gasteiger partial charge on any atom is 0.305 e. The van der Waals surface area contributed by atoms with E-state index in [2.05, 4.69) is 20.8 Å². The zero-order valence-electron chi connectivity index (χ0n) is 15.4. The van der Waals surface area contributed by atoms with Gasteiger partial charge in [0.15, 0.2) is 0 Å². The fraction of sp³-hybridized carbons (Fsp3) is 0.632. The predicted octanol–water partition coefficient (Wildman–Crippen LogP) is 3.66. The summed E-state index contributed by atoms with van der Waals surface area (Å²) < 4.78 is 6.48. The molecule has 0 bridgehead atoms. The van der Waals surface area contributed by atoms with E-state index in [0.717, 1.165) is 35.3 Å². The molecule has 0 saturated carbocycles. The minimum absolute atomic E-state index is 0.0608. The number of aromatic nitrogens is 2. The number of methoxy groups -OCH3 is 1. The van der Waals surface area contributed by atoms with Gasteiger partial charge in [-0.15, -0.1) is 11.3 Å². The number of hydrogen-bond donors (Lipinski definition) is 0. The molecule has 0 N–H and O–H groups in total. The van der Waals surface area contributed by atoms with E-state index in [1.807, 2.05) is 0 Å². The van der Waals surface area contributed by atoms with Crippen LogP contribution < -0.4 is 5.56 Å². The maximum atomic E-state index is 13.2. The first-order valence-electron chi connectivity index (χ1n) is 9.04. The van der Waals surface area contributed by atoms with Crippen molar-refractivity contribution in [2.75, 3.05) is 7.11 Å². The Kier molecular flexibility index (Phi) is 5.27. The SMILES string of the molecule is COC(=O)CCCn1c(C(C)C)nc2sc3c(c2c1=O)CCC(C)C3. The van der Waals surface area contributed by atoms with Gasteiger partial charge in [0.25, 0.3) is 5.56 Å². The van der Waals surface area contributed by atoms with Gasteiger partial charge in [0.2, 0.25) is 0 Å². The van der Waals surface area contributed by atoms with Crippen molar-refractivity contribution >= 4 is 27.5 Å². The Morgan fingerprint density at radius 2 is 2.20 bits per heavy atom. The van der Waals surface area contributed by atoms with Gasteiger partial charge >= 0.3 is 5.97 Å². The summed E-state index contributed by atoms with van der Waals surface area (Å²) in [6.45, 7) is 6.89. The molecule has 0 aliphatic heterocycles. The molecule has 2 heterocycles. The number of aryl methyl sites for hydroxylation is 1. The maximum absolute atomic E-state index is 13.2. The van der Waals surface area contributed by atoms with Crippen molar-refractivity contribution in [3.8, 4) is 0 Å². The standard InChI is InChI=1S/C19H26N2O3S/c1-11(2)17-20-18-16(13-8-7-12(3)10-14(13)25-18)19(23)21(17)9-5-6-15(22)24-4/h11-12H,5-10H2,1-4H3. The molecule has 6 heteroatoms. The van der Waals surface area contributed by atoms with Crippen molar-refractivity contribution < 1.29 is 9.53 Å². The van der Waals surface area contributed by atoms with Crippen molar-refractivity contribution in [1.82, 2.24) is 9.55 Å². The van der Waals surface area contributed by atoms with E-state index < -0.39 is 0 Å². The fourth-order valence-corrected chi connectivity index (χ4v) is 4.96. The summed E-state index contributed by atoms with van der Waals surface area (Å²) in [5.41, 5.74) is 1.28. The summed E-state index contributed by atoms with van der Waals surface area (Å²) in [7, 11) is 1.39. The van der Waals surface area contributed by atoms with E-state index in [1.165, 1.54) is 17.6 Å². The van der Waals surface area contributed by atoms with Crippen LogP contribution in [0.3, 0.4) is 0 Å². The van der Waals surface area contributed by atoms with Crippen LogP contribution >= 0.6 is 11.3 Å². The Hall–Kier alpha value is -1.69. The van der Waals surface area contributed by atoms with E-state index in [4.69, 9.17) is 9.72 Å². The van der Waals surface area contributed by atoms with Crippen LogP contribution in [0.1, 0.15) is 62.2 Å². The molecule has 1 atom stereocenters. The Labute approximate surface area is 152 Å². The third-order valence-corrected chi connectivity index (χ3v) is 6.10. The zero-order chi connectivity index (χ0) is 18.1. The van der Waals surface area contributed by atoms with Gasteiger partial charge < -0.3 is 4.74 Å². The molecular formula is C19H26N2O3S. The van der Waals surface area contributed by atoms with Crippen LogP contribution in [0.25, 0.3) is 10.2 Å². The molecule has 0 saturated heterocycles. The summed E-state index contributed by atoms with van der Waals surface area (Å²) in [6, 6.07) is 0. The predicted molar refractivity (Wildman–Crippen MR) is 100 cm³/mol. The summed E-state index contributed by atoms with van der Waals surface area (Å²) in [5.74, 6) is 1.41. The first kappa shape index (κ1) is 18.1. The highest BCUT2D eigenvalue weighted by Gasteiger charge is 2.25. The number of esters is 1. The lowest BCUT2D eigenvalue weighted by molar-refractivity contribution is -0.140. The van der Waals surface area contributed by atoms with Gasteiger partial charge in [-0.1, -0.05) is 20.8 Å². The van der Waals surface area contributed by atoms with Gasteiger partial charge in [0.05, 0.1) is 12.5 Å². The monoisotopic (exact) mass is 362 g/mol. The van der Waals surface area contributed by atoms with E-state index in [9.17, 15) is 9.59 Å². The molecule has 1 aliphatic rings. The number of nitrogens with zero attached hydrogens (tertiary/aromatic N) is 2.